The second kappa shape index (κ2) is 13.0. The molecule has 0 aliphatic rings. The van der Waals surface area contributed by atoms with Crippen LogP contribution in [0.1, 0.15) is 37.1 Å². The normalized spacial score (nSPS) is 11.5. The smallest absolute Gasteiger partial charge is 0.338 e. The van der Waals surface area contributed by atoms with Crippen molar-refractivity contribution in [3.05, 3.63) is 121 Å². The molecule has 0 spiro atoms. The molecule has 1 unspecified atom stereocenters. The number of anilines is 2. The summed E-state index contributed by atoms with van der Waals surface area (Å²) in [6.07, 6.45) is 0. The molecule has 0 aromatic heterocycles. The van der Waals surface area contributed by atoms with Crippen molar-refractivity contribution >= 4 is 87.3 Å². The van der Waals surface area contributed by atoms with Gasteiger partial charge >= 0.3 is 5.97 Å². The van der Waals surface area contributed by atoms with Gasteiger partial charge in [-0.1, -0.05) is 94.9 Å². The third-order valence-electron chi connectivity index (χ3n) is 5.68. The highest BCUT2D eigenvalue weighted by molar-refractivity contribution is 8.00. The molecule has 0 aliphatic heterocycles. The van der Waals surface area contributed by atoms with Gasteiger partial charge in [0.25, 0.3) is 5.91 Å². The Balaban J connectivity index is 1.62. The Bertz CT molecular complexity index is 1620. The van der Waals surface area contributed by atoms with E-state index in [-0.39, 0.29) is 21.0 Å². The molecule has 0 fully saturated rings. The molecule has 2 amide bonds. The van der Waals surface area contributed by atoms with Crippen molar-refractivity contribution in [1.82, 2.24) is 0 Å². The fraction of sp³-hybridized carbons (Fsp3) is 0.0690. The molecule has 0 bridgehead atoms. The van der Waals surface area contributed by atoms with Gasteiger partial charge in [0.1, 0.15) is 5.25 Å². The third kappa shape index (κ3) is 6.74. The zero-order chi connectivity index (χ0) is 29.0. The van der Waals surface area contributed by atoms with Crippen molar-refractivity contribution in [3.8, 4) is 0 Å². The first kappa shape index (κ1) is 29.8. The monoisotopic (exact) mass is 632 g/mol. The fourth-order valence-electron chi connectivity index (χ4n) is 3.85. The molecule has 0 radical (unpaired) electrons. The van der Waals surface area contributed by atoms with Crippen molar-refractivity contribution in [1.29, 1.82) is 0 Å². The zero-order valence-electron chi connectivity index (χ0n) is 20.7. The van der Waals surface area contributed by atoms with E-state index in [1.807, 2.05) is 61.5 Å². The first-order chi connectivity index (χ1) is 19.1. The number of halogens is 4. The molecule has 11 heteroatoms. The predicted molar refractivity (Wildman–Crippen MR) is 163 cm³/mol. The highest BCUT2D eigenvalue weighted by atomic mass is 35.5. The molecular formula is C29H20Cl4N2O4S. The van der Waals surface area contributed by atoms with Crippen molar-refractivity contribution in [3.63, 3.8) is 0 Å². The maximum atomic E-state index is 13.4. The second-order valence-electron chi connectivity index (χ2n) is 8.56. The molecule has 1 atom stereocenters. The van der Waals surface area contributed by atoms with E-state index < -0.39 is 33.3 Å². The van der Waals surface area contributed by atoms with Gasteiger partial charge in [-0.25, -0.2) is 4.79 Å². The van der Waals surface area contributed by atoms with Crippen molar-refractivity contribution in [2.75, 3.05) is 10.6 Å². The number of aromatic carboxylic acids is 1. The Morgan fingerprint density at radius 1 is 0.725 bits per heavy atom. The molecule has 4 aromatic carbocycles. The Morgan fingerprint density at radius 2 is 1.32 bits per heavy atom. The van der Waals surface area contributed by atoms with Crippen LogP contribution in [0.2, 0.25) is 20.1 Å². The van der Waals surface area contributed by atoms with Crippen LogP contribution < -0.4 is 10.6 Å². The van der Waals surface area contributed by atoms with Crippen LogP contribution in [0.3, 0.4) is 0 Å². The summed E-state index contributed by atoms with van der Waals surface area (Å²) < 4.78 is 0. The highest BCUT2D eigenvalue weighted by Crippen LogP contribution is 2.42. The van der Waals surface area contributed by atoms with Crippen LogP contribution in [0, 0.1) is 6.92 Å². The molecular weight excluding hydrogens is 614 g/mol. The van der Waals surface area contributed by atoms with E-state index in [0.29, 0.717) is 16.3 Å². The van der Waals surface area contributed by atoms with Gasteiger partial charge in [0.15, 0.2) is 0 Å². The number of benzene rings is 4. The SMILES string of the molecule is Cc1cccc(NC(=O)C(Sc2cccc(NC(=O)c3c(Cl)c(Cl)c(Cl)c(Cl)c3C(=O)O)c2)c2ccccc2)c1. The molecule has 0 heterocycles. The van der Waals surface area contributed by atoms with E-state index in [9.17, 15) is 19.5 Å². The summed E-state index contributed by atoms with van der Waals surface area (Å²) in [4.78, 5) is 39.1. The van der Waals surface area contributed by atoms with Crippen LogP contribution in [0.4, 0.5) is 11.4 Å². The number of amides is 2. The average molecular weight is 634 g/mol. The minimum atomic E-state index is -1.50. The lowest BCUT2D eigenvalue weighted by atomic mass is 10.1. The molecule has 3 N–H and O–H groups in total. The Hall–Kier alpha value is -3.20. The van der Waals surface area contributed by atoms with Gasteiger partial charge in [-0.15, -0.1) is 11.8 Å². The van der Waals surface area contributed by atoms with Gasteiger partial charge < -0.3 is 15.7 Å². The minimum Gasteiger partial charge on any atom is -0.478 e. The van der Waals surface area contributed by atoms with Gasteiger partial charge in [0.2, 0.25) is 5.91 Å². The average Bonchev–Trinajstić information content (AvgIpc) is 2.92. The highest BCUT2D eigenvalue weighted by Gasteiger charge is 2.29. The number of thioether (sulfide) groups is 1. The number of carboxylic acid groups (broad SMARTS) is 1. The maximum Gasteiger partial charge on any atom is 0.338 e. The van der Waals surface area contributed by atoms with E-state index in [0.717, 1.165) is 11.1 Å². The van der Waals surface area contributed by atoms with E-state index in [4.69, 9.17) is 46.4 Å². The molecule has 4 rings (SSSR count). The van der Waals surface area contributed by atoms with Crippen LogP contribution in [0.15, 0.2) is 83.8 Å². The molecule has 6 nitrogen and oxygen atoms in total. The van der Waals surface area contributed by atoms with Gasteiger partial charge in [0, 0.05) is 16.3 Å². The fourth-order valence-corrected chi connectivity index (χ4v) is 5.96. The summed E-state index contributed by atoms with van der Waals surface area (Å²) in [6, 6.07) is 23.6. The lowest BCUT2D eigenvalue weighted by Crippen LogP contribution is -2.19. The molecule has 40 heavy (non-hydrogen) atoms. The molecule has 0 saturated heterocycles. The summed E-state index contributed by atoms with van der Waals surface area (Å²) in [5, 5.41) is 13.4. The van der Waals surface area contributed by atoms with E-state index in [2.05, 4.69) is 10.6 Å². The van der Waals surface area contributed by atoms with Crippen LogP contribution in [0.5, 0.6) is 0 Å². The van der Waals surface area contributed by atoms with Crippen LogP contribution in [-0.4, -0.2) is 22.9 Å². The van der Waals surface area contributed by atoms with Crippen molar-refractivity contribution in [2.45, 2.75) is 17.1 Å². The van der Waals surface area contributed by atoms with Gasteiger partial charge in [-0.2, -0.15) is 0 Å². The second-order valence-corrected chi connectivity index (χ2v) is 11.3. The van der Waals surface area contributed by atoms with Gasteiger partial charge in [-0.05, 0) is 48.4 Å². The molecule has 0 saturated carbocycles. The summed E-state index contributed by atoms with van der Waals surface area (Å²) in [5.74, 6) is -2.56. The Kier molecular flexibility index (Phi) is 9.66. The topological polar surface area (TPSA) is 95.5 Å². The Morgan fingerprint density at radius 3 is 1.95 bits per heavy atom. The van der Waals surface area contributed by atoms with E-state index in [1.165, 1.54) is 11.8 Å². The summed E-state index contributed by atoms with van der Waals surface area (Å²) >= 11 is 25.7. The molecule has 204 valence electrons. The summed E-state index contributed by atoms with van der Waals surface area (Å²) in [7, 11) is 0. The number of aryl methyl sites for hydroxylation is 1. The number of nitrogens with one attached hydrogen (secondary N) is 2. The molecule has 4 aromatic rings. The number of hydrogen-bond acceptors (Lipinski definition) is 4. The lowest BCUT2D eigenvalue weighted by molar-refractivity contribution is -0.115. The van der Waals surface area contributed by atoms with Crippen LogP contribution >= 0.6 is 58.2 Å². The Labute approximate surface area is 254 Å². The number of carbonyl (C=O) groups is 3. The van der Waals surface area contributed by atoms with Crippen LogP contribution in [-0.2, 0) is 4.79 Å². The standard InChI is InChI=1S/C29H20Cl4N2O4S/c1-15-7-5-10-17(13-15)35-28(37)26(16-8-3-2-4-9-16)40-19-12-6-11-18(14-19)34-27(36)20-21(29(38)39)23(31)25(33)24(32)22(20)30/h2-14,26H,1H3,(H,34,36)(H,35,37)(H,38,39). The first-order valence-electron chi connectivity index (χ1n) is 11.7. The van der Waals surface area contributed by atoms with Crippen molar-refractivity contribution in [2.24, 2.45) is 0 Å². The van der Waals surface area contributed by atoms with Crippen molar-refractivity contribution < 1.29 is 19.5 Å². The first-order valence-corrected chi connectivity index (χ1v) is 14.1. The number of rotatable bonds is 8. The zero-order valence-corrected chi connectivity index (χ0v) is 24.5. The molecule has 0 aliphatic carbocycles. The number of hydrogen-bond donors (Lipinski definition) is 3. The summed E-state index contributed by atoms with van der Waals surface area (Å²) in [6.45, 7) is 1.94. The number of carboxylic acids is 1. The lowest BCUT2D eigenvalue weighted by Gasteiger charge is -2.18. The van der Waals surface area contributed by atoms with Crippen LogP contribution in [0.25, 0.3) is 0 Å². The van der Waals surface area contributed by atoms with Gasteiger partial charge in [0.05, 0.1) is 31.2 Å². The van der Waals surface area contributed by atoms with E-state index >= 15 is 0 Å². The largest absolute Gasteiger partial charge is 0.478 e. The minimum absolute atomic E-state index is 0.223. The van der Waals surface area contributed by atoms with Gasteiger partial charge in [-0.3, -0.25) is 9.59 Å². The third-order valence-corrected chi connectivity index (χ3v) is 8.73. The predicted octanol–water partition coefficient (Wildman–Crippen LogP) is 9.03. The van der Waals surface area contributed by atoms with E-state index in [1.54, 1.807) is 24.3 Å². The number of carbonyl (C=O) groups excluding carboxylic acids is 2. The quantitative estimate of drug-likeness (QED) is 0.102. The maximum absolute atomic E-state index is 13.4. The summed E-state index contributed by atoms with van der Waals surface area (Å²) in [5.41, 5.74) is 1.82.